The summed E-state index contributed by atoms with van der Waals surface area (Å²) < 4.78 is 30.1. The van der Waals surface area contributed by atoms with E-state index in [4.69, 9.17) is 19.5 Å². The molecule has 0 amide bonds. The highest BCUT2D eigenvalue weighted by Gasteiger charge is 2.14. The Labute approximate surface area is 165 Å². The second-order valence-electron chi connectivity index (χ2n) is 5.29. The predicted molar refractivity (Wildman–Crippen MR) is 102 cm³/mol. The molecule has 0 heterocycles. The fourth-order valence-electron chi connectivity index (χ4n) is 2.21. The van der Waals surface area contributed by atoms with Crippen LogP contribution in [0.2, 0.25) is 0 Å². The van der Waals surface area contributed by atoms with Crippen molar-refractivity contribution >= 4 is 28.0 Å². The SMILES string of the molecule is CCOC(=O)/C(C#N)=C/c1cc(OC)c(OCc2ccccc2F)cc1Br. The molecule has 0 radical (unpaired) electrons. The topological polar surface area (TPSA) is 68.6 Å². The van der Waals surface area contributed by atoms with Crippen molar-refractivity contribution in [3.05, 3.63) is 63.4 Å². The van der Waals surface area contributed by atoms with Crippen molar-refractivity contribution in [2.45, 2.75) is 13.5 Å². The van der Waals surface area contributed by atoms with Gasteiger partial charge < -0.3 is 14.2 Å². The maximum absolute atomic E-state index is 13.7. The summed E-state index contributed by atoms with van der Waals surface area (Å²) in [4.78, 5) is 11.8. The van der Waals surface area contributed by atoms with E-state index in [0.717, 1.165) is 0 Å². The van der Waals surface area contributed by atoms with Gasteiger partial charge in [0.1, 0.15) is 24.1 Å². The van der Waals surface area contributed by atoms with E-state index in [1.807, 2.05) is 6.07 Å². The molecule has 2 aromatic carbocycles. The summed E-state index contributed by atoms with van der Waals surface area (Å²) in [5, 5.41) is 9.17. The average molecular weight is 434 g/mol. The molecule has 0 bridgehead atoms. The van der Waals surface area contributed by atoms with Gasteiger partial charge in [0.15, 0.2) is 11.5 Å². The van der Waals surface area contributed by atoms with E-state index in [2.05, 4.69) is 15.9 Å². The summed E-state index contributed by atoms with van der Waals surface area (Å²) in [5.41, 5.74) is 0.808. The van der Waals surface area contributed by atoms with Gasteiger partial charge >= 0.3 is 5.97 Å². The van der Waals surface area contributed by atoms with E-state index in [0.29, 0.717) is 27.1 Å². The number of hydrogen-bond donors (Lipinski definition) is 0. The van der Waals surface area contributed by atoms with Crippen molar-refractivity contribution < 1.29 is 23.4 Å². The van der Waals surface area contributed by atoms with E-state index in [1.54, 1.807) is 37.3 Å². The van der Waals surface area contributed by atoms with Crippen LogP contribution < -0.4 is 9.47 Å². The molecule has 2 rings (SSSR count). The number of hydrogen-bond acceptors (Lipinski definition) is 5. The molecule has 0 unspecified atom stereocenters. The molecule has 0 saturated heterocycles. The Kier molecular flexibility index (Phi) is 7.38. The van der Waals surface area contributed by atoms with E-state index in [-0.39, 0.29) is 24.6 Å². The molecule has 0 aliphatic heterocycles. The van der Waals surface area contributed by atoms with Gasteiger partial charge in [-0.25, -0.2) is 9.18 Å². The number of benzene rings is 2. The van der Waals surface area contributed by atoms with Crippen LogP contribution in [-0.2, 0) is 16.1 Å². The Hall–Kier alpha value is -2.85. The molecular formula is C20H17BrFNO4. The van der Waals surface area contributed by atoms with Crippen LogP contribution in [0.4, 0.5) is 4.39 Å². The second-order valence-corrected chi connectivity index (χ2v) is 6.15. The Balaban J connectivity index is 2.30. The van der Waals surface area contributed by atoms with Gasteiger partial charge in [-0.3, -0.25) is 0 Å². The molecule has 7 heteroatoms. The first kappa shape index (κ1) is 20.5. The molecule has 0 saturated carbocycles. The Bertz CT molecular complexity index is 905. The predicted octanol–water partition coefficient (Wildman–Crippen LogP) is 4.65. The van der Waals surface area contributed by atoms with Crippen LogP contribution in [0.3, 0.4) is 0 Å². The number of halogens is 2. The summed E-state index contributed by atoms with van der Waals surface area (Å²) >= 11 is 3.38. The molecule has 0 atom stereocenters. The van der Waals surface area contributed by atoms with Crippen LogP contribution in [0.15, 0.2) is 46.4 Å². The number of ether oxygens (including phenoxy) is 3. The van der Waals surface area contributed by atoms with Gasteiger partial charge in [0.05, 0.1) is 13.7 Å². The zero-order chi connectivity index (χ0) is 19.8. The minimum atomic E-state index is -0.703. The molecule has 0 fully saturated rings. The number of nitriles is 1. The lowest BCUT2D eigenvalue weighted by Gasteiger charge is -2.13. The van der Waals surface area contributed by atoms with Crippen molar-refractivity contribution in [2.24, 2.45) is 0 Å². The highest BCUT2D eigenvalue weighted by molar-refractivity contribution is 9.10. The highest BCUT2D eigenvalue weighted by Crippen LogP contribution is 2.35. The average Bonchev–Trinajstić information content (AvgIpc) is 2.66. The molecular weight excluding hydrogens is 417 g/mol. The molecule has 2 aromatic rings. The fraction of sp³-hybridized carbons (Fsp3) is 0.200. The van der Waals surface area contributed by atoms with Crippen molar-refractivity contribution in [3.8, 4) is 17.6 Å². The molecule has 5 nitrogen and oxygen atoms in total. The van der Waals surface area contributed by atoms with Crippen LogP contribution in [0, 0.1) is 17.1 Å². The third-order valence-corrected chi connectivity index (χ3v) is 4.23. The van der Waals surface area contributed by atoms with Gasteiger partial charge in [-0.1, -0.05) is 34.1 Å². The first-order valence-corrected chi connectivity index (χ1v) is 8.82. The lowest BCUT2D eigenvalue weighted by molar-refractivity contribution is -0.137. The van der Waals surface area contributed by atoms with Crippen molar-refractivity contribution in [1.82, 2.24) is 0 Å². The van der Waals surface area contributed by atoms with Gasteiger partial charge in [0.2, 0.25) is 0 Å². The van der Waals surface area contributed by atoms with Crippen LogP contribution in [0.25, 0.3) is 6.08 Å². The van der Waals surface area contributed by atoms with Crippen LogP contribution in [0.1, 0.15) is 18.1 Å². The summed E-state index contributed by atoms with van der Waals surface area (Å²) in [7, 11) is 1.46. The molecule has 0 spiro atoms. The first-order chi connectivity index (χ1) is 13.0. The van der Waals surface area contributed by atoms with Gasteiger partial charge in [-0.05, 0) is 36.8 Å². The Morgan fingerprint density at radius 2 is 2.04 bits per heavy atom. The maximum atomic E-state index is 13.7. The largest absolute Gasteiger partial charge is 0.493 e. The first-order valence-electron chi connectivity index (χ1n) is 8.02. The summed E-state index contributed by atoms with van der Waals surface area (Å²) in [6.45, 7) is 1.86. The molecule has 140 valence electrons. The van der Waals surface area contributed by atoms with E-state index < -0.39 is 5.97 Å². The molecule has 27 heavy (non-hydrogen) atoms. The number of methoxy groups -OCH3 is 1. The third-order valence-electron chi connectivity index (χ3n) is 3.54. The summed E-state index contributed by atoms with van der Waals surface area (Å²) in [6, 6.07) is 11.4. The van der Waals surface area contributed by atoms with Gasteiger partial charge in [-0.15, -0.1) is 0 Å². The van der Waals surface area contributed by atoms with E-state index >= 15 is 0 Å². The molecule has 0 N–H and O–H groups in total. The zero-order valence-electron chi connectivity index (χ0n) is 14.8. The maximum Gasteiger partial charge on any atom is 0.348 e. The van der Waals surface area contributed by atoms with Crippen molar-refractivity contribution in [2.75, 3.05) is 13.7 Å². The smallest absolute Gasteiger partial charge is 0.348 e. The number of carbonyl (C=O) groups excluding carboxylic acids is 1. The fourth-order valence-corrected chi connectivity index (χ4v) is 2.64. The van der Waals surface area contributed by atoms with Crippen LogP contribution in [0.5, 0.6) is 11.5 Å². The van der Waals surface area contributed by atoms with Gasteiger partial charge in [0.25, 0.3) is 0 Å². The van der Waals surface area contributed by atoms with Crippen molar-refractivity contribution in [1.29, 1.82) is 5.26 Å². The highest BCUT2D eigenvalue weighted by atomic mass is 79.9. The van der Waals surface area contributed by atoms with Gasteiger partial charge in [-0.2, -0.15) is 5.26 Å². The Morgan fingerprint density at radius 3 is 2.67 bits per heavy atom. The van der Waals surface area contributed by atoms with Crippen LogP contribution >= 0.6 is 15.9 Å². The second kappa shape index (κ2) is 9.74. The quantitative estimate of drug-likeness (QED) is 0.361. The minimum Gasteiger partial charge on any atom is -0.493 e. The lowest BCUT2D eigenvalue weighted by Crippen LogP contribution is -2.06. The third kappa shape index (κ3) is 5.31. The molecule has 0 aliphatic rings. The van der Waals surface area contributed by atoms with Gasteiger partial charge in [0, 0.05) is 10.0 Å². The lowest BCUT2D eigenvalue weighted by atomic mass is 10.1. The standard InChI is InChI=1S/C20H17BrFNO4/c1-3-26-20(24)15(11-23)8-14-9-18(25-2)19(10-16(14)21)27-12-13-6-4-5-7-17(13)22/h4-10H,3,12H2,1-2H3/b15-8+. The molecule has 0 aliphatic carbocycles. The monoisotopic (exact) mass is 433 g/mol. The summed E-state index contributed by atoms with van der Waals surface area (Å²) in [6.07, 6.45) is 1.39. The Morgan fingerprint density at radius 1 is 1.30 bits per heavy atom. The van der Waals surface area contributed by atoms with E-state index in [9.17, 15) is 9.18 Å². The number of carbonyl (C=O) groups is 1. The summed E-state index contributed by atoms with van der Waals surface area (Å²) in [5.74, 6) is -0.296. The molecule has 0 aromatic heterocycles. The van der Waals surface area contributed by atoms with Crippen LogP contribution in [-0.4, -0.2) is 19.7 Å². The zero-order valence-corrected chi connectivity index (χ0v) is 16.4. The normalized spacial score (nSPS) is 10.9. The number of nitrogens with zero attached hydrogens (tertiary/aromatic N) is 1. The number of esters is 1. The van der Waals surface area contributed by atoms with E-state index in [1.165, 1.54) is 19.3 Å². The minimum absolute atomic E-state index is 0.0247. The van der Waals surface area contributed by atoms with Crippen molar-refractivity contribution in [3.63, 3.8) is 0 Å². The number of rotatable bonds is 7.